The summed E-state index contributed by atoms with van der Waals surface area (Å²) in [6, 6.07) is 11.1. The van der Waals surface area contributed by atoms with Crippen molar-refractivity contribution in [2.45, 2.75) is 38.4 Å². The van der Waals surface area contributed by atoms with Crippen molar-refractivity contribution in [3.05, 3.63) is 60.2 Å². The number of rotatable bonds is 5. The van der Waals surface area contributed by atoms with Gasteiger partial charge in [-0.25, -0.2) is 0 Å². The van der Waals surface area contributed by atoms with Crippen LogP contribution in [0.3, 0.4) is 0 Å². The number of hydrogen-bond acceptors (Lipinski definition) is 4. The molecule has 2 aromatic rings. The first-order valence-electron chi connectivity index (χ1n) is 9.51. The summed E-state index contributed by atoms with van der Waals surface area (Å²) in [7, 11) is 2.28. The third-order valence-corrected chi connectivity index (χ3v) is 5.97. The van der Waals surface area contributed by atoms with Crippen molar-refractivity contribution in [1.82, 2.24) is 19.8 Å². The maximum Gasteiger partial charge on any atom is 0.0543 e. The molecule has 4 heteroatoms. The second-order valence-electron chi connectivity index (χ2n) is 7.71. The van der Waals surface area contributed by atoms with Crippen LogP contribution >= 0.6 is 0 Å². The minimum absolute atomic E-state index is 0.680. The molecule has 0 amide bonds. The molecule has 0 radical (unpaired) electrons. The molecular weight excluding hydrogens is 308 g/mol. The highest BCUT2D eigenvalue weighted by molar-refractivity contribution is 5.09. The van der Waals surface area contributed by atoms with Crippen molar-refractivity contribution in [2.24, 2.45) is 11.8 Å². The molecule has 2 aromatic heterocycles. The Morgan fingerprint density at radius 1 is 1.12 bits per heavy atom. The molecule has 1 saturated carbocycles. The van der Waals surface area contributed by atoms with E-state index >= 15 is 0 Å². The second kappa shape index (κ2) is 7.63. The first-order valence-corrected chi connectivity index (χ1v) is 9.51. The van der Waals surface area contributed by atoms with E-state index in [1.54, 1.807) is 0 Å². The minimum atomic E-state index is 0.680. The monoisotopic (exact) mass is 336 g/mol. The first kappa shape index (κ1) is 16.7. The van der Waals surface area contributed by atoms with Gasteiger partial charge in [0.1, 0.15) is 0 Å². The lowest BCUT2D eigenvalue weighted by atomic mass is 9.77. The smallest absolute Gasteiger partial charge is 0.0543 e. The highest BCUT2D eigenvalue weighted by Gasteiger charge is 2.41. The molecule has 0 unspecified atom stereocenters. The summed E-state index contributed by atoms with van der Waals surface area (Å²) in [5.74, 6) is 1.64. The van der Waals surface area contributed by atoms with Crippen LogP contribution in [0.15, 0.2) is 48.9 Å². The number of fused-ring (bicyclic) bond motifs is 1. The summed E-state index contributed by atoms with van der Waals surface area (Å²) in [5.41, 5.74) is 2.51. The topological polar surface area (TPSA) is 32.3 Å². The van der Waals surface area contributed by atoms with Crippen molar-refractivity contribution in [3.63, 3.8) is 0 Å². The summed E-state index contributed by atoms with van der Waals surface area (Å²) in [4.78, 5) is 14.0. The van der Waals surface area contributed by atoms with Gasteiger partial charge in [0.15, 0.2) is 0 Å². The van der Waals surface area contributed by atoms with E-state index in [9.17, 15) is 0 Å². The van der Waals surface area contributed by atoms with Gasteiger partial charge < -0.3 is 0 Å². The lowest BCUT2D eigenvalue weighted by Crippen LogP contribution is -2.43. The molecule has 132 valence electrons. The fourth-order valence-electron chi connectivity index (χ4n) is 4.82. The van der Waals surface area contributed by atoms with E-state index in [1.807, 2.05) is 30.7 Å². The Bertz CT molecular complexity index is 660. The summed E-state index contributed by atoms with van der Waals surface area (Å²) < 4.78 is 0. The van der Waals surface area contributed by atoms with Crippen LogP contribution in [0, 0.1) is 11.8 Å². The average Bonchev–Trinajstić information content (AvgIpc) is 3.05. The predicted octanol–water partition coefficient (Wildman–Crippen LogP) is 3.21. The van der Waals surface area contributed by atoms with Crippen LogP contribution in [-0.2, 0) is 13.1 Å². The third kappa shape index (κ3) is 3.91. The zero-order valence-corrected chi connectivity index (χ0v) is 15.1. The Labute approximate surface area is 150 Å². The largest absolute Gasteiger partial charge is 0.298 e. The number of hydrogen-bond donors (Lipinski definition) is 0. The maximum atomic E-state index is 4.51. The van der Waals surface area contributed by atoms with Gasteiger partial charge in [0, 0.05) is 50.8 Å². The number of likely N-dealkylation sites (tertiary alicyclic amines) is 1. The highest BCUT2D eigenvalue weighted by Crippen LogP contribution is 2.39. The highest BCUT2D eigenvalue weighted by atomic mass is 15.2. The lowest BCUT2D eigenvalue weighted by molar-refractivity contribution is 0.104. The van der Waals surface area contributed by atoms with Gasteiger partial charge in [-0.05, 0) is 55.5 Å². The van der Waals surface area contributed by atoms with Crippen LogP contribution < -0.4 is 0 Å². The zero-order chi connectivity index (χ0) is 17.1. The van der Waals surface area contributed by atoms with Gasteiger partial charge >= 0.3 is 0 Å². The van der Waals surface area contributed by atoms with Crippen LogP contribution in [0.5, 0.6) is 0 Å². The van der Waals surface area contributed by atoms with Gasteiger partial charge in [-0.3, -0.25) is 19.8 Å². The van der Waals surface area contributed by atoms with Gasteiger partial charge in [0.25, 0.3) is 0 Å². The molecule has 1 saturated heterocycles. The SMILES string of the molecule is CN(Cc1ccccn1)[C@H]1CCC[C@@H]2CN(Cc3cccnc3)C[C@@H]21. The fraction of sp³-hybridized carbons (Fsp3) is 0.524. The summed E-state index contributed by atoms with van der Waals surface area (Å²) >= 11 is 0. The van der Waals surface area contributed by atoms with Gasteiger partial charge in [-0.15, -0.1) is 0 Å². The molecule has 2 aliphatic rings. The molecule has 2 fully saturated rings. The van der Waals surface area contributed by atoms with Crippen LogP contribution in [0.4, 0.5) is 0 Å². The van der Waals surface area contributed by atoms with Gasteiger partial charge in [0.05, 0.1) is 5.69 Å². The summed E-state index contributed by atoms with van der Waals surface area (Å²) in [5, 5.41) is 0. The van der Waals surface area contributed by atoms with E-state index in [1.165, 1.54) is 43.6 Å². The van der Waals surface area contributed by atoms with Crippen LogP contribution in [0.1, 0.15) is 30.5 Å². The van der Waals surface area contributed by atoms with Crippen molar-refractivity contribution >= 4 is 0 Å². The van der Waals surface area contributed by atoms with Crippen LogP contribution in [0.25, 0.3) is 0 Å². The number of pyridine rings is 2. The lowest BCUT2D eigenvalue weighted by Gasteiger charge is -2.39. The van der Waals surface area contributed by atoms with Gasteiger partial charge in [-0.1, -0.05) is 18.6 Å². The number of aromatic nitrogens is 2. The molecule has 0 aromatic carbocycles. The minimum Gasteiger partial charge on any atom is -0.298 e. The summed E-state index contributed by atoms with van der Waals surface area (Å²) in [6.07, 6.45) is 9.84. The second-order valence-corrected chi connectivity index (χ2v) is 7.71. The standard InChI is InChI=1S/C21H28N4/c1-24(15-19-8-2-3-11-23-19)21-9-4-7-18-14-25(16-20(18)21)13-17-6-5-10-22-12-17/h2-3,5-6,8,10-12,18,20-21H,4,7,9,13-16H2,1H3/t18-,20+,21+/m1/s1. The fourth-order valence-corrected chi connectivity index (χ4v) is 4.82. The van der Waals surface area contributed by atoms with Gasteiger partial charge in [-0.2, -0.15) is 0 Å². The van der Waals surface area contributed by atoms with E-state index < -0.39 is 0 Å². The van der Waals surface area contributed by atoms with Crippen LogP contribution in [0.2, 0.25) is 0 Å². The summed E-state index contributed by atoms with van der Waals surface area (Å²) in [6.45, 7) is 4.46. The molecule has 1 aliphatic heterocycles. The van der Waals surface area contributed by atoms with Crippen molar-refractivity contribution < 1.29 is 0 Å². The molecule has 4 rings (SSSR count). The Balaban J connectivity index is 1.40. The average molecular weight is 336 g/mol. The molecule has 3 heterocycles. The maximum absolute atomic E-state index is 4.51. The molecule has 3 atom stereocenters. The Morgan fingerprint density at radius 3 is 2.88 bits per heavy atom. The normalized spacial score (nSPS) is 26.7. The van der Waals surface area contributed by atoms with E-state index in [4.69, 9.17) is 0 Å². The third-order valence-electron chi connectivity index (χ3n) is 5.97. The van der Waals surface area contributed by atoms with Crippen molar-refractivity contribution in [1.29, 1.82) is 0 Å². The molecule has 1 aliphatic carbocycles. The van der Waals surface area contributed by atoms with Crippen molar-refractivity contribution in [2.75, 3.05) is 20.1 Å². The quantitative estimate of drug-likeness (QED) is 0.839. The van der Waals surface area contributed by atoms with Crippen molar-refractivity contribution in [3.8, 4) is 0 Å². The zero-order valence-electron chi connectivity index (χ0n) is 15.1. The molecule has 25 heavy (non-hydrogen) atoms. The molecule has 0 bridgehead atoms. The molecule has 4 nitrogen and oxygen atoms in total. The molecule has 0 spiro atoms. The Kier molecular flexibility index (Phi) is 5.09. The predicted molar refractivity (Wildman–Crippen MR) is 99.8 cm³/mol. The van der Waals surface area contributed by atoms with Crippen LogP contribution in [-0.4, -0.2) is 45.9 Å². The Morgan fingerprint density at radius 2 is 2.08 bits per heavy atom. The van der Waals surface area contributed by atoms with Gasteiger partial charge in [0.2, 0.25) is 0 Å². The number of nitrogens with zero attached hydrogens (tertiary/aromatic N) is 4. The van der Waals surface area contributed by atoms with E-state index in [0.717, 1.165) is 24.9 Å². The van der Waals surface area contributed by atoms with E-state index in [2.05, 4.69) is 45.0 Å². The Hall–Kier alpha value is -1.78. The first-order chi connectivity index (χ1) is 12.3. The van der Waals surface area contributed by atoms with E-state index in [0.29, 0.717) is 6.04 Å². The molecule has 0 N–H and O–H groups in total. The van der Waals surface area contributed by atoms with E-state index in [-0.39, 0.29) is 0 Å². The molecular formula is C21H28N4.